The number of carbonyl (C=O) groups excluding carboxylic acids is 1. The maximum Gasteiger partial charge on any atom is 0.329 e. The number of ether oxygens (including phenoxy) is 1. The second-order valence-corrected chi connectivity index (χ2v) is 11.8. The Labute approximate surface area is 246 Å². The van der Waals surface area contributed by atoms with Crippen molar-refractivity contribution in [1.82, 2.24) is 14.8 Å². The van der Waals surface area contributed by atoms with E-state index in [-0.39, 0.29) is 11.6 Å². The summed E-state index contributed by atoms with van der Waals surface area (Å²) < 4.78 is 8.64. The lowest BCUT2D eigenvalue weighted by Crippen LogP contribution is -2.46. The molecular weight excluding hydrogens is 532 g/mol. The van der Waals surface area contributed by atoms with Gasteiger partial charge in [-0.25, -0.2) is 9.36 Å². The van der Waals surface area contributed by atoms with Gasteiger partial charge in [-0.1, -0.05) is 38.7 Å². The monoisotopic (exact) mass is 574 g/mol. The van der Waals surface area contributed by atoms with Crippen LogP contribution in [0.15, 0.2) is 64.8 Å². The fourth-order valence-corrected chi connectivity index (χ4v) is 6.42. The molecule has 3 heterocycles. The van der Waals surface area contributed by atoms with Crippen LogP contribution >= 0.6 is 11.3 Å². The normalized spacial score (nSPS) is 14.1. The summed E-state index contributed by atoms with van der Waals surface area (Å²) in [6.07, 6.45) is 7.59. The van der Waals surface area contributed by atoms with Gasteiger partial charge >= 0.3 is 6.03 Å². The summed E-state index contributed by atoms with van der Waals surface area (Å²) in [6, 6.07) is 17.3. The number of carbonyl (C=O) groups is 1. The Hall–Kier alpha value is -3.36. The second-order valence-electron chi connectivity index (χ2n) is 10.9. The lowest BCUT2D eigenvalue weighted by molar-refractivity contribution is 0.238. The van der Waals surface area contributed by atoms with Gasteiger partial charge in [-0.05, 0) is 73.0 Å². The van der Waals surface area contributed by atoms with Gasteiger partial charge in [-0.3, -0.25) is 9.69 Å². The highest BCUT2D eigenvalue weighted by molar-refractivity contribution is 7.17. The summed E-state index contributed by atoms with van der Waals surface area (Å²) in [4.78, 5) is 30.5. The van der Waals surface area contributed by atoms with Crippen LogP contribution in [0.4, 0.5) is 10.5 Å². The molecule has 7 nitrogen and oxygen atoms in total. The van der Waals surface area contributed by atoms with Crippen molar-refractivity contribution in [3.05, 3.63) is 70.3 Å². The van der Waals surface area contributed by atoms with Gasteiger partial charge in [0.15, 0.2) is 0 Å². The van der Waals surface area contributed by atoms with Gasteiger partial charge in [0, 0.05) is 60.6 Å². The molecule has 1 saturated heterocycles. The Morgan fingerprint density at radius 2 is 1.76 bits per heavy atom. The van der Waals surface area contributed by atoms with Crippen LogP contribution in [0.1, 0.15) is 51.9 Å². The fourth-order valence-electron chi connectivity index (χ4n) is 5.61. The number of hydrogen-bond donors (Lipinski definition) is 1. The predicted molar refractivity (Wildman–Crippen MR) is 171 cm³/mol. The summed E-state index contributed by atoms with van der Waals surface area (Å²) in [7, 11) is 0. The first-order valence-corrected chi connectivity index (χ1v) is 16.0. The lowest BCUT2D eigenvalue weighted by Gasteiger charge is -2.36. The minimum atomic E-state index is -0.375. The number of piperazine rings is 1. The van der Waals surface area contributed by atoms with Crippen LogP contribution in [0.25, 0.3) is 21.0 Å². The highest BCUT2D eigenvalue weighted by atomic mass is 32.1. The van der Waals surface area contributed by atoms with Crippen LogP contribution in [-0.2, 0) is 0 Å². The Morgan fingerprint density at radius 3 is 2.61 bits per heavy atom. The molecule has 5 rings (SSSR count). The molecule has 4 aromatic rings. The van der Waals surface area contributed by atoms with Crippen LogP contribution in [-0.4, -0.2) is 61.4 Å². The summed E-state index contributed by atoms with van der Waals surface area (Å²) >= 11 is 1.81. The topological polar surface area (TPSA) is 66.8 Å². The summed E-state index contributed by atoms with van der Waals surface area (Å²) in [5, 5.41) is 7.30. The average molecular weight is 575 g/mol. The van der Waals surface area contributed by atoms with Crippen molar-refractivity contribution in [3.8, 4) is 5.75 Å². The number of rotatable bonds is 13. The summed E-state index contributed by atoms with van der Waals surface area (Å²) in [5.74, 6) is 0.681. The molecule has 2 aromatic heterocycles. The molecule has 1 fully saturated rings. The maximum atomic E-state index is 12.9. The molecule has 1 aliphatic heterocycles. The van der Waals surface area contributed by atoms with E-state index >= 15 is 0 Å². The summed E-state index contributed by atoms with van der Waals surface area (Å²) in [6.45, 7) is 8.68. The van der Waals surface area contributed by atoms with Gasteiger partial charge in [0.05, 0.1) is 12.1 Å². The Kier molecular flexibility index (Phi) is 10.3. The zero-order valence-electron chi connectivity index (χ0n) is 24.1. The van der Waals surface area contributed by atoms with Crippen LogP contribution in [0.3, 0.4) is 0 Å². The van der Waals surface area contributed by atoms with Gasteiger partial charge in [0.25, 0.3) is 5.56 Å². The smallest absolute Gasteiger partial charge is 0.329 e. The molecule has 1 amide bonds. The molecule has 0 radical (unpaired) electrons. The van der Waals surface area contributed by atoms with Crippen molar-refractivity contribution >= 4 is 44.0 Å². The molecule has 2 aromatic carbocycles. The minimum absolute atomic E-state index is 0.328. The van der Waals surface area contributed by atoms with Gasteiger partial charge in [-0.15, -0.1) is 11.3 Å². The quantitative estimate of drug-likeness (QED) is 0.180. The van der Waals surface area contributed by atoms with Crippen LogP contribution in [0.2, 0.25) is 0 Å². The molecule has 1 N–H and O–H groups in total. The number of fused-ring (bicyclic) bond motifs is 2. The van der Waals surface area contributed by atoms with Gasteiger partial charge in [0.1, 0.15) is 5.75 Å². The predicted octanol–water partition coefficient (Wildman–Crippen LogP) is 6.73. The van der Waals surface area contributed by atoms with E-state index in [2.05, 4.69) is 51.7 Å². The van der Waals surface area contributed by atoms with Gasteiger partial charge in [-0.2, -0.15) is 0 Å². The number of amides is 1. The minimum Gasteiger partial charge on any atom is -0.494 e. The van der Waals surface area contributed by atoms with Crippen LogP contribution < -0.4 is 20.5 Å². The number of aromatic nitrogens is 1. The Balaban J connectivity index is 1.07. The first-order chi connectivity index (χ1) is 20.1. The van der Waals surface area contributed by atoms with Crippen molar-refractivity contribution < 1.29 is 9.53 Å². The number of nitrogens with zero attached hydrogens (tertiary/aromatic N) is 3. The molecule has 218 valence electrons. The SMILES string of the molecule is CCCCCCCNC(=O)n1c(=O)ccc2ccc(OCCCCN3CCN(c4cccc5sccc45)CC3)cc21. The van der Waals surface area contributed by atoms with Gasteiger partial charge < -0.3 is 15.0 Å². The highest BCUT2D eigenvalue weighted by Crippen LogP contribution is 2.31. The number of pyridine rings is 1. The zero-order valence-corrected chi connectivity index (χ0v) is 25.0. The fraction of sp³-hybridized carbons (Fsp3) is 0.455. The standard InChI is InChI=1S/C33H42N4O3S/c1-2-3-4-5-6-17-34-33(39)37-30-25-27(14-12-26(30)13-15-32(37)38)40-23-8-7-18-35-19-21-36(22-20-35)29-10-9-11-31-28(29)16-24-41-31/h9-16,24-25H,2-8,17-23H2,1H3,(H,34,39). The highest BCUT2D eigenvalue weighted by Gasteiger charge is 2.18. The molecule has 0 aliphatic carbocycles. The molecule has 0 unspecified atom stereocenters. The van der Waals surface area contributed by atoms with E-state index in [0.717, 1.165) is 63.8 Å². The number of unbranched alkanes of at least 4 members (excludes halogenated alkanes) is 5. The van der Waals surface area contributed by atoms with Crippen molar-refractivity contribution in [2.75, 3.05) is 50.8 Å². The second kappa shape index (κ2) is 14.5. The van der Waals surface area contributed by atoms with E-state index < -0.39 is 0 Å². The molecule has 41 heavy (non-hydrogen) atoms. The van der Waals surface area contributed by atoms with Crippen molar-refractivity contribution in [3.63, 3.8) is 0 Å². The first-order valence-electron chi connectivity index (χ1n) is 15.1. The first kappa shape index (κ1) is 29.1. The molecule has 1 aliphatic rings. The molecule has 0 saturated carbocycles. The average Bonchev–Trinajstić information content (AvgIpc) is 3.48. The van der Waals surface area contributed by atoms with E-state index in [1.807, 2.05) is 18.2 Å². The number of thiophene rings is 1. The zero-order chi connectivity index (χ0) is 28.4. The number of benzene rings is 2. The molecule has 0 bridgehead atoms. The van der Waals surface area contributed by atoms with Gasteiger partial charge in [0.2, 0.25) is 0 Å². The number of anilines is 1. The number of hydrogen-bond acceptors (Lipinski definition) is 6. The lowest BCUT2D eigenvalue weighted by atomic mass is 10.1. The van der Waals surface area contributed by atoms with E-state index in [1.165, 1.54) is 45.7 Å². The third kappa shape index (κ3) is 7.49. The largest absolute Gasteiger partial charge is 0.494 e. The van der Waals surface area contributed by atoms with Crippen molar-refractivity contribution in [2.45, 2.75) is 51.9 Å². The van der Waals surface area contributed by atoms with E-state index in [1.54, 1.807) is 17.4 Å². The van der Waals surface area contributed by atoms with Crippen molar-refractivity contribution in [2.24, 2.45) is 0 Å². The van der Waals surface area contributed by atoms with Crippen LogP contribution in [0, 0.1) is 0 Å². The van der Waals surface area contributed by atoms with E-state index in [0.29, 0.717) is 24.4 Å². The van der Waals surface area contributed by atoms with Crippen LogP contribution in [0.5, 0.6) is 5.75 Å². The maximum absolute atomic E-state index is 12.9. The Morgan fingerprint density at radius 1 is 0.927 bits per heavy atom. The number of nitrogens with one attached hydrogen (secondary N) is 1. The Bertz CT molecular complexity index is 1490. The van der Waals surface area contributed by atoms with E-state index in [9.17, 15) is 9.59 Å². The summed E-state index contributed by atoms with van der Waals surface area (Å²) in [5.41, 5.74) is 1.61. The third-order valence-electron chi connectivity index (χ3n) is 7.95. The molecule has 0 spiro atoms. The molecular formula is C33H42N4O3S. The third-order valence-corrected chi connectivity index (χ3v) is 8.83. The molecule has 8 heteroatoms. The van der Waals surface area contributed by atoms with E-state index in [4.69, 9.17) is 4.74 Å². The van der Waals surface area contributed by atoms with Crippen molar-refractivity contribution in [1.29, 1.82) is 0 Å². The molecule has 0 atom stereocenters.